The van der Waals surface area contributed by atoms with Gasteiger partial charge in [-0.15, -0.1) is 0 Å². The topological polar surface area (TPSA) is 43.8 Å². The van der Waals surface area contributed by atoms with Gasteiger partial charge in [0.25, 0.3) is 0 Å². The predicted molar refractivity (Wildman–Crippen MR) is 89.2 cm³/mol. The Hall–Kier alpha value is -0.810. The Morgan fingerprint density at radius 1 is 1.36 bits per heavy atom. The maximum Gasteiger partial charge on any atom is 0.236 e. The van der Waals surface area contributed by atoms with Crippen LogP contribution in [0.15, 0.2) is 18.2 Å². The molecule has 0 radical (unpaired) electrons. The zero-order valence-electron chi connectivity index (χ0n) is 12.9. The molecule has 2 atom stereocenters. The summed E-state index contributed by atoms with van der Waals surface area (Å²) in [5.74, 6) is 0.457. The van der Waals surface area contributed by atoms with E-state index in [0.717, 1.165) is 18.5 Å². The van der Waals surface area contributed by atoms with Gasteiger partial charge in [-0.2, -0.15) is 0 Å². The smallest absolute Gasteiger partial charge is 0.236 e. The molecule has 4 nitrogen and oxygen atoms in total. The Morgan fingerprint density at radius 2 is 2.00 bits per heavy atom. The van der Waals surface area contributed by atoms with Gasteiger partial charge in [0, 0.05) is 29.7 Å². The van der Waals surface area contributed by atoms with Crippen LogP contribution >= 0.6 is 23.2 Å². The van der Waals surface area contributed by atoms with Gasteiger partial charge < -0.3 is 10.0 Å². The molecule has 0 saturated carbocycles. The third kappa shape index (κ3) is 4.35. The lowest BCUT2D eigenvalue weighted by atomic mass is 10.0. The van der Waals surface area contributed by atoms with Crippen molar-refractivity contribution in [2.75, 3.05) is 26.7 Å². The number of amides is 1. The van der Waals surface area contributed by atoms with Crippen LogP contribution in [0.1, 0.15) is 18.9 Å². The van der Waals surface area contributed by atoms with Crippen LogP contribution in [0, 0.1) is 5.92 Å². The van der Waals surface area contributed by atoms with Crippen LogP contribution < -0.4 is 0 Å². The Balaban J connectivity index is 1.94. The van der Waals surface area contributed by atoms with E-state index in [2.05, 4.69) is 11.8 Å². The van der Waals surface area contributed by atoms with E-state index in [1.807, 2.05) is 12.1 Å². The molecule has 1 aromatic carbocycles. The maximum absolute atomic E-state index is 12.4. The number of benzene rings is 1. The summed E-state index contributed by atoms with van der Waals surface area (Å²) in [5, 5.41) is 10.6. The van der Waals surface area contributed by atoms with Crippen molar-refractivity contribution in [1.29, 1.82) is 0 Å². The third-order valence-corrected chi connectivity index (χ3v) is 4.73. The fourth-order valence-corrected chi connectivity index (χ4v) is 3.51. The van der Waals surface area contributed by atoms with E-state index >= 15 is 0 Å². The summed E-state index contributed by atoms with van der Waals surface area (Å²) in [7, 11) is 1.77. The number of hydrogen-bond donors (Lipinski definition) is 1. The van der Waals surface area contributed by atoms with Crippen LogP contribution in [0.25, 0.3) is 0 Å². The van der Waals surface area contributed by atoms with E-state index in [9.17, 15) is 9.90 Å². The lowest BCUT2D eigenvalue weighted by molar-refractivity contribution is -0.132. The van der Waals surface area contributed by atoms with Gasteiger partial charge >= 0.3 is 0 Å². The number of aliphatic hydroxyl groups excluding tert-OH is 1. The first kappa shape index (κ1) is 17.5. The minimum atomic E-state index is 0.0312. The molecule has 0 bridgehead atoms. The van der Waals surface area contributed by atoms with E-state index in [0.29, 0.717) is 29.1 Å². The number of carbonyl (C=O) groups excluding carboxylic acids is 1. The molecule has 22 heavy (non-hydrogen) atoms. The van der Waals surface area contributed by atoms with E-state index in [-0.39, 0.29) is 18.6 Å². The second-order valence-electron chi connectivity index (χ2n) is 6.01. The molecule has 0 aliphatic carbocycles. The van der Waals surface area contributed by atoms with Gasteiger partial charge in [-0.05, 0) is 42.6 Å². The Bertz CT molecular complexity index is 519. The monoisotopic (exact) mass is 344 g/mol. The molecule has 0 spiro atoms. The summed E-state index contributed by atoms with van der Waals surface area (Å²) in [6.45, 7) is 3.87. The Kier molecular flexibility index (Phi) is 6.09. The number of rotatable bonds is 5. The number of aliphatic hydroxyl groups is 1. The average molecular weight is 345 g/mol. The van der Waals surface area contributed by atoms with E-state index in [1.54, 1.807) is 18.0 Å². The fourth-order valence-electron chi connectivity index (χ4n) is 2.94. The first-order valence-corrected chi connectivity index (χ1v) is 8.20. The van der Waals surface area contributed by atoms with Gasteiger partial charge in [-0.3, -0.25) is 9.69 Å². The van der Waals surface area contributed by atoms with Crippen molar-refractivity contribution in [3.8, 4) is 0 Å². The molecule has 1 amide bonds. The van der Waals surface area contributed by atoms with Crippen LogP contribution in [0.5, 0.6) is 0 Å². The van der Waals surface area contributed by atoms with Gasteiger partial charge in [0.1, 0.15) is 0 Å². The van der Waals surface area contributed by atoms with Crippen molar-refractivity contribution in [3.05, 3.63) is 33.8 Å². The highest BCUT2D eigenvalue weighted by Gasteiger charge is 2.32. The summed E-state index contributed by atoms with van der Waals surface area (Å²) < 4.78 is 0. The van der Waals surface area contributed by atoms with Crippen molar-refractivity contribution >= 4 is 29.1 Å². The Morgan fingerprint density at radius 3 is 2.59 bits per heavy atom. The minimum absolute atomic E-state index is 0.0312. The minimum Gasteiger partial charge on any atom is -0.395 e. The number of carbonyl (C=O) groups is 1. The lowest BCUT2D eigenvalue weighted by Crippen LogP contribution is -2.42. The van der Waals surface area contributed by atoms with Gasteiger partial charge in [0.15, 0.2) is 0 Å². The fraction of sp³-hybridized carbons (Fsp3) is 0.562. The number of halogens is 2. The van der Waals surface area contributed by atoms with E-state index in [1.165, 1.54) is 0 Å². The molecule has 2 rings (SSSR count). The molecule has 2 unspecified atom stereocenters. The standard InChI is InChI=1S/C16H22Cl2N2O2/c1-11-3-4-20(15(11)10-21)9-16(22)19(2)8-12-5-13(17)7-14(18)6-12/h5-7,11,15,21H,3-4,8-10H2,1-2H3. The number of likely N-dealkylation sites (N-methyl/N-ethyl adjacent to an activating group) is 1. The summed E-state index contributed by atoms with van der Waals surface area (Å²) in [4.78, 5) is 16.1. The maximum atomic E-state index is 12.4. The zero-order chi connectivity index (χ0) is 16.3. The first-order valence-electron chi connectivity index (χ1n) is 7.44. The summed E-state index contributed by atoms with van der Waals surface area (Å²) in [5.41, 5.74) is 0.904. The predicted octanol–water partition coefficient (Wildman–Crippen LogP) is 2.65. The van der Waals surface area contributed by atoms with Gasteiger partial charge in [0.05, 0.1) is 13.2 Å². The second-order valence-corrected chi connectivity index (χ2v) is 6.89. The molecule has 1 saturated heterocycles. The lowest BCUT2D eigenvalue weighted by Gasteiger charge is -2.27. The van der Waals surface area contributed by atoms with Crippen LogP contribution in [0.3, 0.4) is 0 Å². The summed E-state index contributed by atoms with van der Waals surface area (Å²) in [6.07, 6.45) is 1.02. The van der Waals surface area contributed by atoms with E-state index < -0.39 is 0 Å². The van der Waals surface area contributed by atoms with Gasteiger partial charge in [-0.1, -0.05) is 30.1 Å². The molecule has 6 heteroatoms. The zero-order valence-corrected chi connectivity index (χ0v) is 14.4. The first-order chi connectivity index (χ1) is 10.4. The highest BCUT2D eigenvalue weighted by atomic mass is 35.5. The van der Waals surface area contributed by atoms with Crippen molar-refractivity contribution in [2.45, 2.75) is 25.9 Å². The molecule has 122 valence electrons. The van der Waals surface area contributed by atoms with Gasteiger partial charge in [0.2, 0.25) is 5.91 Å². The molecular weight excluding hydrogens is 323 g/mol. The summed E-state index contributed by atoms with van der Waals surface area (Å²) in [6, 6.07) is 5.38. The van der Waals surface area contributed by atoms with Crippen molar-refractivity contribution < 1.29 is 9.90 Å². The SMILES string of the molecule is CC1CCN(CC(=O)N(C)Cc2cc(Cl)cc(Cl)c2)C1CO. The number of likely N-dealkylation sites (tertiary alicyclic amines) is 1. The van der Waals surface area contributed by atoms with Crippen molar-refractivity contribution in [2.24, 2.45) is 5.92 Å². The molecule has 1 heterocycles. The van der Waals surface area contributed by atoms with Crippen LogP contribution in [-0.4, -0.2) is 53.6 Å². The number of nitrogens with zero attached hydrogens (tertiary/aromatic N) is 2. The van der Waals surface area contributed by atoms with Crippen molar-refractivity contribution in [3.63, 3.8) is 0 Å². The summed E-state index contributed by atoms with van der Waals surface area (Å²) >= 11 is 12.0. The second kappa shape index (κ2) is 7.64. The highest BCUT2D eigenvalue weighted by molar-refractivity contribution is 6.34. The third-order valence-electron chi connectivity index (χ3n) is 4.29. The quantitative estimate of drug-likeness (QED) is 0.892. The van der Waals surface area contributed by atoms with Crippen molar-refractivity contribution in [1.82, 2.24) is 9.80 Å². The number of hydrogen-bond acceptors (Lipinski definition) is 3. The normalized spacial score (nSPS) is 22.0. The molecule has 1 aromatic rings. The largest absolute Gasteiger partial charge is 0.395 e. The molecular formula is C16H22Cl2N2O2. The molecule has 0 aromatic heterocycles. The molecule has 1 N–H and O–H groups in total. The van der Waals surface area contributed by atoms with Gasteiger partial charge in [-0.25, -0.2) is 0 Å². The highest BCUT2D eigenvalue weighted by Crippen LogP contribution is 2.23. The van der Waals surface area contributed by atoms with Crippen LogP contribution in [0.2, 0.25) is 10.0 Å². The average Bonchev–Trinajstić information content (AvgIpc) is 2.77. The van der Waals surface area contributed by atoms with Crippen LogP contribution in [-0.2, 0) is 11.3 Å². The molecule has 1 aliphatic heterocycles. The molecule has 1 fully saturated rings. The molecule has 1 aliphatic rings. The Labute approximate surface area is 141 Å². The van der Waals surface area contributed by atoms with Crippen LogP contribution in [0.4, 0.5) is 0 Å². The van der Waals surface area contributed by atoms with E-state index in [4.69, 9.17) is 23.2 Å².